The van der Waals surface area contributed by atoms with Gasteiger partial charge in [-0.1, -0.05) is 0 Å². The Morgan fingerprint density at radius 3 is 2.95 bits per heavy atom. The Bertz CT molecular complexity index is 340. The first-order valence-corrected chi connectivity index (χ1v) is 6.96. The third-order valence-electron chi connectivity index (χ3n) is 3.58. The molecule has 2 aliphatic heterocycles. The number of amides is 2. The summed E-state index contributed by atoms with van der Waals surface area (Å²) in [5.74, 6) is 0.117. The zero-order valence-corrected chi connectivity index (χ0v) is 11.6. The first kappa shape index (κ1) is 14.3. The van der Waals surface area contributed by atoms with Crippen LogP contribution < -0.4 is 10.6 Å². The van der Waals surface area contributed by atoms with E-state index in [1.54, 1.807) is 0 Å². The average Bonchev–Trinajstić information content (AvgIpc) is 2.71. The molecule has 0 aromatic carbocycles. The molecule has 2 N–H and O–H groups in total. The molecule has 0 saturated carbocycles. The van der Waals surface area contributed by atoms with Crippen LogP contribution in [0.4, 0.5) is 0 Å². The highest BCUT2D eigenvalue weighted by Gasteiger charge is 2.32. The van der Waals surface area contributed by atoms with Crippen molar-refractivity contribution < 1.29 is 14.3 Å². The molecule has 0 bridgehead atoms. The zero-order chi connectivity index (χ0) is 13.8. The molecule has 6 nitrogen and oxygen atoms in total. The van der Waals surface area contributed by atoms with Crippen LogP contribution in [-0.4, -0.2) is 61.1 Å². The van der Waals surface area contributed by atoms with E-state index in [-0.39, 0.29) is 29.9 Å². The molecule has 0 spiro atoms. The quantitative estimate of drug-likeness (QED) is 0.721. The summed E-state index contributed by atoms with van der Waals surface area (Å²) in [6.45, 7) is 6.68. The van der Waals surface area contributed by atoms with Crippen molar-refractivity contribution >= 4 is 11.8 Å². The highest BCUT2D eigenvalue weighted by molar-refractivity contribution is 5.82. The minimum Gasteiger partial charge on any atom is -0.378 e. The van der Waals surface area contributed by atoms with Gasteiger partial charge in [-0.2, -0.15) is 0 Å². The van der Waals surface area contributed by atoms with Crippen molar-refractivity contribution in [2.45, 2.75) is 44.8 Å². The molecule has 2 rings (SSSR count). The molecule has 2 saturated heterocycles. The predicted molar refractivity (Wildman–Crippen MR) is 70.6 cm³/mol. The summed E-state index contributed by atoms with van der Waals surface area (Å²) in [6.07, 6.45) is 0.824. The number of rotatable bonds is 4. The predicted octanol–water partition coefficient (Wildman–Crippen LogP) is -0.510. The van der Waals surface area contributed by atoms with Crippen LogP contribution in [0.25, 0.3) is 0 Å². The van der Waals surface area contributed by atoms with Crippen LogP contribution >= 0.6 is 0 Å². The van der Waals surface area contributed by atoms with E-state index in [1.165, 1.54) is 0 Å². The summed E-state index contributed by atoms with van der Waals surface area (Å²) in [5, 5.41) is 6.19. The van der Waals surface area contributed by atoms with Gasteiger partial charge in [0.05, 0.1) is 19.3 Å². The molecule has 0 radical (unpaired) electrons. The Hall–Kier alpha value is -1.14. The first-order valence-electron chi connectivity index (χ1n) is 6.96. The average molecular weight is 269 g/mol. The molecule has 2 fully saturated rings. The van der Waals surface area contributed by atoms with Crippen molar-refractivity contribution in [3.05, 3.63) is 0 Å². The molecule has 2 atom stereocenters. The van der Waals surface area contributed by atoms with Gasteiger partial charge in [0.15, 0.2) is 0 Å². The summed E-state index contributed by atoms with van der Waals surface area (Å²) in [7, 11) is 0. The van der Waals surface area contributed by atoms with Gasteiger partial charge < -0.3 is 20.3 Å². The number of likely N-dealkylation sites (tertiary alicyclic amines) is 1. The minimum atomic E-state index is -0.0492. The van der Waals surface area contributed by atoms with Crippen molar-refractivity contribution in [1.29, 1.82) is 0 Å². The van der Waals surface area contributed by atoms with E-state index in [9.17, 15) is 9.59 Å². The largest absolute Gasteiger partial charge is 0.378 e. The van der Waals surface area contributed by atoms with Crippen LogP contribution in [0.5, 0.6) is 0 Å². The number of carbonyl (C=O) groups excluding carboxylic acids is 2. The third kappa shape index (κ3) is 3.91. The second-order valence-corrected chi connectivity index (χ2v) is 5.54. The van der Waals surface area contributed by atoms with Crippen LogP contribution in [0, 0.1) is 0 Å². The monoisotopic (exact) mass is 269 g/mol. The lowest BCUT2D eigenvalue weighted by Gasteiger charge is -2.24. The van der Waals surface area contributed by atoms with E-state index in [4.69, 9.17) is 4.74 Å². The summed E-state index contributed by atoms with van der Waals surface area (Å²) in [4.78, 5) is 25.5. The van der Waals surface area contributed by atoms with Gasteiger partial charge in [-0.25, -0.2) is 0 Å². The molecule has 0 aliphatic carbocycles. The molecule has 0 aromatic rings. The van der Waals surface area contributed by atoms with Gasteiger partial charge in [-0.15, -0.1) is 0 Å². The molecule has 2 unspecified atom stereocenters. The highest BCUT2D eigenvalue weighted by atomic mass is 16.5. The van der Waals surface area contributed by atoms with Crippen molar-refractivity contribution in [2.75, 3.05) is 26.3 Å². The van der Waals surface area contributed by atoms with Gasteiger partial charge >= 0.3 is 0 Å². The van der Waals surface area contributed by atoms with Crippen LogP contribution in [0.1, 0.15) is 26.7 Å². The Morgan fingerprint density at radius 2 is 2.37 bits per heavy atom. The fourth-order valence-electron chi connectivity index (χ4n) is 2.59. The lowest BCUT2D eigenvalue weighted by molar-refractivity contribution is -0.129. The van der Waals surface area contributed by atoms with Crippen LogP contribution in [0.2, 0.25) is 0 Å². The fraction of sp³-hybridized carbons (Fsp3) is 0.846. The second-order valence-electron chi connectivity index (χ2n) is 5.54. The van der Waals surface area contributed by atoms with E-state index >= 15 is 0 Å². The smallest absolute Gasteiger partial charge is 0.225 e. The standard InChI is InChI=1S/C13H23N3O3/c1-9(2)16-7-10(6-13(16)18)15-12(17)5-11-8-19-4-3-14-11/h9-11,14H,3-8H2,1-2H3,(H,15,17). The highest BCUT2D eigenvalue weighted by Crippen LogP contribution is 2.14. The Morgan fingerprint density at radius 1 is 1.58 bits per heavy atom. The van der Waals surface area contributed by atoms with E-state index in [0.29, 0.717) is 32.6 Å². The van der Waals surface area contributed by atoms with Gasteiger partial charge in [0.2, 0.25) is 11.8 Å². The van der Waals surface area contributed by atoms with Crippen molar-refractivity contribution in [1.82, 2.24) is 15.5 Å². The van der Waals surface area contributed by atoms with Gasteiger partial charge in [0.25, 0.3) is 0 Å². The number of hydrogen-bond donors (Lipinski definition) is 2. The fourth-order valence-corrected chi connectivity index (χ4v) is 2.59. The van der Waals surface area contributed by atoms with Crippen LogP contribution in [-0.2, 0) is 14.3 Å². The number of carbonyl (C=O) groups is 2. The van der Waals surface area contributed by atoms with Gasteiger partial charge in [0.1, 0.15) is 0 Å². The maximum absolute atomic E-state index is 11.9. The summed E-state index contributed by atoms with van der Waals surface area (Å²) >= 11 is 0. The van der Waals surface area contributed by atoms with Crippen LogP contribution in [0.3, 0.4) is 0 Å². The molecule has 2 heterocycles. The van der Waals surface area contributed by atoms with Gasteiger partial charge in [-0.3, -0.25) is 9.59 Å². The van der Waals surface area contributed by atoms with Crippen molar-refractivity contribution in [3.63, 3.8) is 0 Å². The summed E-state index contributed by atoms with van der Waals surface area (Å²) < 4.78 is 5.31. The van der Waals surface area contributed by atoms with E-state index < -0.39 is 0 Å². The van der Waals surface area contributed by atoms with Crippen molar-refractivity contribution in [3.8, 4) is 0 Å². The molecule has 108 valence electrons. The molecular weight excluding hydrogens is 246 g/mol. The maximum atomic E-state index is 11.9. The SMILES string of the molecule is CC(C)N1CC(NC(=O)CC2COCCN2)CC1=O. The number of nitrogens with one attached hydrogen (secondary N) is 2. The molecule has 2 aliphatic rings. The maximum Gasteiger partial charge on any atom is 0.225 e. The Labute approximate surface area is 113 Å². The van der Waals surface area contributed by atoms with Gasteiger partial charge in [0, 0.05) is 38.0 Å². The third-order valence-corrected chi connectivity index (χ3v) is 3.58. The summed E-state index contributed by atoms with van der Waals surface area (Å²) in [6, 6.07) is 0.238. The molecule has 0 aromatic heterocycles. The molecular formula is C13H23N3O3. The van der Waals surface area contributed by atoms with E-state index in [2.05, 4.69) is 10.6 Å². The van der Waals surface area contributed by atoms with Crippen LogP contribution in [0.15, 0.2) is 0 Å². The van der Waals surface area contributed by atoms with E-state index in [1.807, 2.05) is 18.7 Å². The zero-order valence-electron chi connectivity index (χ0n) is 11.6. The van der Waals surface area contributed by atoms with Crippen molar-refractivity contribution in [2.24, 2.45) is 0 Å². The Kier molecular flexibility index (Phi) is 4.76. The molecule has 2 amide bonds. The molecule has 19 heavy (non-hydrogen) atoms. The second kappa shape index (κ2) is 6.34. The van der Waals surface area contributed by atoms with E-state index in [0.717, 1.165) is 6.54 Å². The minimum absolute atomic E-state index is 0.00796. The summed E-state index contributed by atoms with van der Waals surface area (Å²) in [5.41, 5.74) is 0. The topological polar surface area (TPSA) is 70.7 Å². The number of nitrogens with zero attached hydrogens (tertiary/aromatic N) is 1. The number of morpholine rings is 1. The lowest BCUT2D eigenvalue weighted by Crippen LogP contribution is -2.46. The Balaban J connectivity index is 1.75. The molecule has 6 heteroatoms. The van der Waals surface area contributed by atoms with Gasteiger partial charge in [-0.05, 0) is 13.8 Å². The first-order chi connectivity index (χ1) is 9.06. The normalized spacial score (nSPS) is 27.9. The number of hydrogen-bond acceptors (Lipinski definition) is 4. The number of ether oxygens (including phenoxy) is 1. The lowest BCUT2D eigenvalue weighted by atomic mass is 10.1.